The highest BCUT2D eigenvalue weighted by Crippen LogP contribution is 2.16. The zero-order chi connectivity index (χ0) is 25.4. The van der Waals surface area contributed by atoms with Gasteiger partial charge < -0.3 is 5.11 Å². The molecule has 0 aliphatic carbocycles. The monoisotopic (exact) mass is 486 g/mol. The van der Waals surface area contributed by atoms with Gasteiger partial charge in [0.1, 0.15) is 0 Å². The quantitative estimate of drug-likeness (QED) is 0.110. The molecule has 1 rings (SSSR count). The summed E-state index contributed by atoms with van der Waals surface area (Å²) in [4.78, 5) is 22.5. The molecule has 0 atom stereocenters. The van der Waals surface area contributed by atoms with Gasteiger partial charge in [-0.25, -0.2) is 0 Å². The van der Waals surface area contributed by atoms with Crippen molar-refractivity contribution in [2.45, 2.75) is 155 Å². The van der Waals surface area contributed by atoms with Gasteiger partial charge in [-0.2, -0.15) is 0 Å². The van der Waals surface area contributed by atoms with Crippen LogP contribution in [0.4, 0.5) is 0 Å². The smallest absolute Gasteiger partial charge is 0.303 e. The minimum absolute atomic E-state index is 0.0774. The van der Waals surface area contributed by atoms with Crippen molar-refractivity contribution in [1.82, 2.24) is 0 Å². The number of unbranched alkanes of at least 4 members (excludes halogenated alkanes) is 19. The van der Waals surface area contributed by atoms with Crippen molar-refractivity contribution in [3.63, 3.8) is 0 Å². The number of Topliss-reactive ketones (excluding diaryl/α,β-unsaturated/α-hetero) is 1. The number of carboxylic acids is 1. The first kappa shape index (κ1) is 31.4. The lowest BCUT2D eigenvalue weighted by molar-refractivity contribution is -0.136. The predicted octanol–water partition coefficient (Wildman–Crippen LogP) is 10.1. The van der Waals surface area contributed by atoms with Crippen LogP contribution in [0.15, 0.2) is 24.3 Å². The summed E-state index contributed by atoms with van der Waals surface area (Å²) in [6.07, 6.45) is 29.0. The number of hydrogen-bond acceptors (Lipinski definition) is 2. The molecule has 0 aliphatic rings. The first-order valence-electron chi connectivity index (χ1n) is 15.0. The number of ketones is 1. The van der Waals surface area contributed by atoms with E-state index in [4.69, 9.17) is 5.11 Å². The van der Waals surface area contributed by atoms with E-state index in [9.17, 15) is 9.59 Å². The largest absolute Gasteiger partial charge is 0.481 e. The maximum Gasteiger partial charge on any atom is 0.303 e. The van der Waals surface area contributed by atoms with E-state index >= 15 is 0 Å². The van der Waals surface area contributed by atoms with Crippen LogP contribution in [0.3, 0.4) is 0 Å². The molecule has 0 spiro atoms. The summed E-state index contributed by atoms with van der Waals surface area (Å²) >= 11 is 0. The van der Waals surface area contributed by atoms with Crippen LogP contribution in [-0.4, -0.2) is 16.9 Å². The Hall–Kier alpha value is -1.64. The molecular weight excluding hydrogens is 432 g/mol. The molecule has 3 nitrogen and oxygen atoms in total. The molecule has 0 heterocycles. The second-order valence-corrected chi connectivity index (χ2v) is 10.5. The molecule has 3 heteroatoms. The summed E-state index contributed by atoms with van der Waals surface area (Å²) < 4.78 is 0. The highest BCUT2D eigenvalue weighted by molar-refractivity contribution is 5.97. The molecule has 0 amide bonds. The second-order valence-electron chi connectivity index (χ2n) is 10.5. The minimum atomic E-state index is -0.922. The Labute approximate surface area is 216 Å². The van der Waals surface area contributed by atoms with Crippen LogP contribution in [0.5, 0.6) is 0 Å². The fourth-order valence-corrected chi connectivity index (χ4v) is 4.81. The summed E-state index contributed by atoms with van der Waals surface area (Å²) in [7, 11) is 0. The Balaban J connectivity index is 1.83. The molecule has 0 aromatic heterocycles. The summed E-state index contributed by atoms with van der Waals surface area (Å²) in [6, 6.07) is 7.72. The van der Waals surface area contributed by atoms with Crippen LogP contribution in [0.25, 0.3) is 0 Å². The maximum absolute atomic E-state index is 11.9. The van der Waals surface area contributed by atoms with Crippen molar-refractivity contribution in [3.05, 3.63) is 35.4 Å². The van der Waals surface area contributed by atoms with Gasteiger partial charge in [0.2, 0.25) is 0 Å². The van der Waals surface area contributed by atoms with Crippen LogP contribution in [0.1, 0.15) is 164 Å². The standard InChI is InChI=1S/C32H54O3/c1-2-3-4-5-6-7-8-9-10-11-12-13-14-15-16-17-18-19-20-21-22-29-23-25-30(26-24-29)31(33)27-28-32(34)35/h23-26H,2-22,27-28H2,1H3,(H,34,35). The molecule has 0 saturated heterocycles. The van der Waals surface area contributed by atoms with Gasteiger partial charge >= 0.3 is 5.97 Å². The SMILES string of the molecule is CCCCCCCCCCCCCCCCCCCCCCc1ccc(C(=O)CCC(=O)O)cc1. The first-order chi connectivity index (χ1) is 17.1. The number of hydrogen-bond donors (Lipinski definition) is 1. The maximum atomic E-state index is 11.9. The van der Waals surface area contributed by atoms with Gasteiger partial charge in [0.25, 0.3) is 0 Å². The Bertz CT molecular complexity index is 635. The van der Waals surface area contributed by atoms with Gasteiger partial charge in [0, 0.05) is 12.0 Å². The molecular formula is C32H54O3. The van der Waals surface area contributed by atoms with Crippen molar-refractivity contribution >= 4 is 11.8 Å². The van der Waals surface area contributed by atoms with E-state index in [1.54, 1.807) is 0 Å². The molecule has 0 radical (unpaired) electrons. The lowest BCUT2D eigenvalue weighted by Crippen LogP contribution is -2.03. The van der Waals surface area contributed by atoms with Crippen molar-refractivity contribution in [1.29, 1.82) is 0 Å². The summed E-state index contributed by atoms with van der Waals surface area (Å²) in [5, 5.41) is 8.69. The molecule has 1 aromatic rings. The predicted molar refractivity (Wildman–Crippen MR) is 149 cm³/mol. The Morgan fingerprint density at radius 3 is 1.29 bits per heavy atom. The molecule has 1 N–H and O–H groups in total. The van der Waals surface area contributed by atoms with Crippen LogP contribution in [0, 0.1) is 0 Å². The fourth-order valence-electron chi connectivity index (χ4n) is 4.81. The number of benzene rings is 1. The first-order valence-corrected chi connectivity index (χ1v) is 15.0. The lowest BCUT2D eigenvalue weighted by Gasteiger charge is -2.05. The molecule has 0 unspecified atom stereocenters. The van der Waals surface area contributed by atoms with E-state index in [0.717, 1.165) is 6.42 Å². The molecule has 0 saturated carbocycles. The highest BCUT2D eigenvalue weighted by atomic mass is 16.4. The average Bonchev–Trinajstić information content (AvgIpc) is 2.86. The number of aliphatic carboxylic acids is 1. The van der Waals surface area contributed by atoms with E-state index < -0.39 is 5.97 Å². The van der Waals surface area contributed by atoms with Crippen molar-refractivity contribution in [3.8, 4) is 0 Å². The van der Waals surface area contributed by atoms with Gasteiger partial charge in [0.15, 0.2) is 5.78 Å². The molecule has 0 bridgehead atoms. The Morgan fingerprint density at radius 2 is 0.914 bits per heavy atom. The average molecular weight is 487 g/mol. The molecule has 1 aromatic carbocycles. The fraction of sp³-hybridized carbons (Fsp3) is 0.750. The summed E-state index contributed by atoms with van der Waals surface area (Å²) in [5.74, 6) is -1.01. The van der Waals surface area contributed by atoms with Gasteiger partial charge in [-0.05, 0) is 18.4 Å². The van der Waals surface area contributed by atoms with Gasteiger partial charge in [-0.3, -0.25) is 9.59 Å². The second kappa shape index (κ2) is 22.8. The molecule has 0 fully saturated rings. The third kappa shape index (κ3) is 19.3. The van der Waals surface area contributed by atoms with Gasteiger partial charge in [-0.15, -0.1) is 0 Å². The van der Waals surface area contributed by atoms with E-state index in [1.165, 1.54) is 134 Å². The molecule has 0 aliphatic heterocycles. The number of carboxylic acid groups (broad SMARTS) is 1. The zero-order valence-corrected chi connectivity index (χ0v) is 22.8. The minimum Gasteiger partial charge on any atom is -0.481 e. The van der Waals surface area contributed by atoms with E-state index in [-0.39, 0.29) is 18.6 Å². The van der Waals surface area contributed by atoms with Crippen molar-refractivity contribution in [2.24, 2.45) is 0 Å². The number of rotatable bonds is 25. The van der Waals surface area contributed by atoms with E-state index in [1.807, 2.05) is 24.3 Å². The van der Waals surface area contributed by atoms with Gasteiger partial charge in [0.05, 0.1) is 6.42 Å². The number of aryl methyl sites for hydroxylation is 1. The summed E-state index contributed by atoms with van der Waals surface area (Å²) in [5.41, 5.74) is 1.89. The van der Waals surface area contributed by atoms with Crippen LogP contribution in [0.2, 0.25) is 0 Å². The normalized spacial score (nSPS) is 11.1. The third-order valence-electron chi connectivity index (χ3n) is 7.16. The van der Waals surface area contributed by atoms with Crippen molar-refractivity contribution in [2.75, 3.05) is 0 Å². The van der Waals surface area contributed by atoms with Crippen LogP contribution < -0.4 is 0 Å². The molecule has 35 heavy (non-hydrogen) atoms. The lowest BCUT2D eigenvalue weighted by atomic mass is 10.0. The van der Waals surface area contributed by atoms with Crippen LogP contribution in [-0.2, 0) is 11.2 Å². The van der Waals surface area contributed by atoms with Crippen LogP contribution >= 0.6 is 0 Å². The Morgan fingerprint density at radius 1 is 0.543 bits per heavy atom. The van der Waals surface area contributed by atoms with E-state index in [0.29, 0.717) is 5.56 Å². The third-order valence-corrected chi connectivity index (χ3v) is 7.16. The number of carbonyl (C=O) groups excluding carboxylic acids is 1. The zero-order valence-electron chi connectivity index (χ0n) is 22.8. The van der Waals surface area contributed by atoms with Crippen molar-refractivity contribution < 1.29 is 14.7 Å². The topological polar surface area (TPSA) is 54.4 Å². The highest BCUT2D eigenvalue weighted by Gasteiger charge is 2.08. The van der Waals surface area contributed by atoms with Gasteiger partial charge in [-0.1, -0.05) is 153 Å². The number of carbonyl (C=O) groups is 2. The van der Waals surface area contributed by atoms with E-state index in [2.05, 4.69) is 6.92 Å². The molecule has 200 valence electrons. The Kier molecular flexibility index (Phi) is 20.4. The summed E-state index contributed by atoms with van der Waals surface area (Å²) in [6.45, 7) is 2.29.